The molecule has 0 spiro atoms. The van der Waals surface area contributed by atoms with Crippen molar-refractivity contribution in [2.45, 2.75) is 199 Å². The van der Waals surface area contributed by atoms with Crippen LogP contribution in [0, 0.1) is 0 Å². The number of unbranched alkanes of at least 4 members (excludes halogenated alkanes) is 20. The first-order valence-electron chi connectivity index (χ1n) is 21.4. The second kappa shape index (κ2) is 35.8. The van der Waals surface area contributed by atoms with Crippen molar-refractivity contribution in [1.29, 1.82) is 0 Å². The van der Waals surface area contributed by atoms with Gasteiger partial charge in [0.05, 0.1) is 40.3 Å². The molecule has 0 heterocycles. The summed E-state index contributed by atoms with van der Waals surface area (Å²) in [6, 6.07) is -0.725. The van der Waals surface area contributed by atoms with Gasteiger partial charge in [-0.25, -0.2) is 0 Å². The molecular weight excluding hydrogens is 654 g/mol. The fourth-order valence-corrected chi connectivity index (χ4v) is 6.22. The van der Waals surface area contributed by atoms with E-state index in [0.29, 0.717) is 12.8 Å². The monoisotopic (exact) mass is 736 g/mol. The first-order valence-corrected chi connectivity index (χ1v) is 21.4. The summed E-state index contributed by atoms with van der Waals surface area (Å²) in [5, 5.41) is 11.6. The Morgan fingerprint density at radius 2 is 1.02 bits per heavy atom. The van der Waals surface area contributed by atoms with Crippen molar-refractivity contribution >= 4 is 17.9 Å². The average molecular weight is 736 g/mol. The molecule has 0 saturated carbocycles. The normalized spacial score (nSPS) is 13.2. The predicted octanol–water partition coefficient (Wildman–Crippen LogP) is 9.97. The minimum Gasteiger partial charge on any atom is -0.544 e. The smallest absolute Gasteiger partial charge is 0.306 e. The Kier molecular flexibility index (Phi) is 34.3. The topological polar surface area (TPSA) is 102 Å². The quantitative estimate of drug-likeness (QED) is 0.0269. The molecule has 0 aromatic carbocycles. The molecule has 0 radical (unpaired) electrons. The van der Waals surface area contributed by atoms with E-state index in [1.54, 1.807) is 21.1 Å². The number of carbonyl (C=O) groups is 3. The van der Waals surface area contributed by atoms with Gasteiger partial charge < -0.3 is 28.6 Å². The molecule has 0 fully saturated rings. The third-order valence-electron chi connectivity index (χ3n) is 9.59. The van der Waals surface area contributed by atoms with Crippen LogP contribution in [0.2, 0.25) is 0 Å². The second-order valence-corrected chi connectivity index (χ2v) is 15.6. The first kappa shape index (κ1) is 49.8. The second-order valence-electron chi connectivity index (χ2n) is 15.6. The van der Waals surface area contributed by atoms with Gasteiger partial charge in [0.25, 0.3) is 0 Å². The molecule has 2 unspecified atom stereocenters. The molecule has 52 heavy (non-hydrogen) atoms. The Bertz CT molecular complexity index is 911. The summed E-state index contributed by atoms with van der Waals surface area (Å²) in [7, 11) is 5.40. The lowest BCUT2D eigenvalue weighted by Gasteiger charge is -2.34. The number of quaternary nitrogens is 1. The number of carbonyl (C=O) groups excluding carboxylic acids is 3. The van der Waals surface area contributed by atoms with Crippen molar-refractivity contribution in [3.05, 3.63) is 24.3 Å². The minimum absolute atomic E-state index is 0.0385. The van der Waals surface area contributed by atoms with Gasteiger partial charge in [-0.3, -0.25) is 9.59 Å². The van der Waals surface area contributed by atoms with E-state index in [4.69, 9.17) is 14.2 Å². The van der Waals surface area contributed by atoms with Crippen LogP contribution >= 0.6 is 0 Å². The highest BCUT2D eigenvalue weighted by Crippen LogP contribution is 2.14. The van der Waals surface area contributed by atoms with E-state index in [1.165, 1.54) is 89.9 Å². The Morgan fingerprint density at radius 1 is 0.577 bits per heavy atom. The van der Waals surface area contributed by atoms with Crippen LogP contribution in [0.1, 0.15) is 187 Å². The molecule has 0 aromatic heterocycles. The molecule has 0 amide bonds. The van der Waals surface area contributed by atoms with E-state index in [9.17, 15) is 19.5 Å². The van der Waals surface area contributed by atoms with E-state index >= 15 is 0 Å². The summed E-state index contributed by atoms with van der Waals surface area (Å²) in [5.74, 6) is -1.75. The summed E-state index contributed by atoms with van der Waals surface area (Å²) >= 11 is 0. The Hall–Kier alpha value is -2.19. The zero-order valence-corrected chi connectivity index (χ0v) is 34.5. The maximum Gasteiger partial charge on any atom is 0.306 e. The van der Waals surface area contributed by atoms with Gasteiger partial charge in [-0.15, -0.1) is 0 Å². The third kappa shape index (κ3) is 33.6. The van der Waals surface area contributed by atoms with Gasteiger partial charge in [0.15, 0.2) is 6.10 Å². The number of carboxylic acids is 1. The standard InChI is InChI=1S/C44H81NO7/c1-6-8-10-12-14-16-18-20-21-22-23-25-27-29-31-33-35-43(47)52-40(38-50-37-36-41(44(48)49)45(3,4)5)39-51-42(46)34-32-30-28-26-24-19-17-15-13-11-9-7-2/h16,18,21-22,40-41H,6-15,17,19-20,23-39H2,1-5H3/b18-16-,22-21-. The molecule has 0 rings (SSSR count). The van der Waals surface area contributed by atoms with Crippen LogP contribution in [0.25, 0.3) is 0 Å². The maximum atomic E-state index is 12.7. The van der Waals surface area contributed by atoms with Gasteiger partial charge in [0.2, 0.25) is 0 Å². The lowest BCUT2D eigenvalue weighted by Crippen LogP contribution is -2.55. The molecule has 304 valence electrons. The highest BCUT2D eigenvalue weighted by atomic mass is 16.6. The highest BCUT2D eigenvalue weighted by Gasteiger charge is 2.25. The van der Waals surface area contributed by atoms with E-state index in [0.717, 1.165) is 64.2 Å². The van der Waals surface area contributed by atoms with Crippen LogP contribution < -0.4 is 5.11 Å². The van der Waals surface area contributed by atoms with Crippen molar-refractivity contribution in [2.75, 3.05) is 41.0 Å². The van der Waals surface area contributed by atoms with Gasteiger partial charge in [0.1, 0.15) is 12.6 Å². The van der Waals surface area contributed by atoms with Gasteiger partial charge >= 0.3 is 11.9 Å². The molecule has 0 aliphatic carbocycles. The number of hydrogen-bond donors (Lipinski definition) is 0. The van der Waals surface area contributed by atoms with Crippen LogP contribution in [0.15, 0.2) is 24.3 Å². The number of aliphatic carboxylic acids is 1. The lowest BCUT2D eigenvalue weighted by atomic mass is 10.0. The molecule has 0 bridgehead atoms. The zero-order chi connectivity index (χ0) is 38.5. The number of nitrogens with zero attached hydrogens (tertiary/aromatic N) is 1. The molecule has 0 N–H and O–H groups in total. The molecule has 0 saturated heterocycles. The summed E-state index contributed by atoms with van der Waals surface area (Å²) in [5.41, 5.74) is 0. The summed E-state index contributed by atoms with van der Waals surface area (Å²) < 4.78 is 17.1. The predicted molar refractivity (Wildman–Crippen MR) is 213 cm³/mol. The molecule has 0 aliphatic heterocycles. The van der Waals surface area contributed by atoms with Crippen molar-refractivity contribution in [3.63, 3.8) is 0 Å². The van der Waals surface area contributed by atoms with Crippen molar-refractivity contribution in [3.8, 4) is 0 Å². The lowest BCUT2D eigenvalue weighted by molar-refractivity contribution is -0.889. The average Bonchev–Trinajstić information content (AvgIpc) is 3.09. The number of ether oxygens (including phenoxy) is 3. The van der Waals surface area contributed by atoms with Crippen molar-refractivity contribution in [1.82, 2.24) is 0 Å². The van der Waals surface area contributed by atoms with Crippen LogP contribution in [-0.4, -0.2) is 75.5 Å². The highest BCUT2D eigenvalue weighted by molar-refractivity contribution is 5.70. The van der Waals surface area contributed by atoms with Gasteiger partial charge in [-0.05, 0) is 44.9 Å². The molecule has 2 atom stereocenters. The van der Waals surface area contributed by atoms with Crippen LogP contribution in [0.4, 0.5) is 0 Å². The number of hydrogen-bond acceptors (Lipinski definition) is 7. The fourth-order valence-electron chi connectivity index (χ4n) is 6.22. The molecule has 8 nitrogen and oxygen atoms in total. The summed E-state index contributed by atoms with van der Waals surface area (Å²) in [4.78, 5) is 36.8. The summed E-state index contributed by atoms with van der Waals surface area (Å²) in [6.45, 7) is 4.63. The summed E-state index contributed by atoms with van der Waals surface area (Å²) in [6.07, 6.45) is 37.6. The van der Waals surface area contributed by atoms with Gasteiger partial charge in [0, 0.05) is 19.3 Å². The van der Waals surface area contributed by atoms with E-state index in [1.807, 2.05) is 0 Å². The van der Waals surface area contributed by atoms with E-state index in [2.05, 4.69) is 38.2 Å². The fraction of sp³-hybridized carbons (Fsp3) is 0.841. The van der Waals surface area contributed by atoms with Crippen LogP contribution in [0.3, 0.4) is 0 Å². The van der Waals surface area contributed by atoms with E-state index in [-0.39, 0.29) is 42.7 Å². The molecular formula is C44H81NO7. The van der Waals surface area contributed by atoms with Crippen LogP contribution in [-0.2, 0) is 28.6 Å². The minimum atomic E-state index is -1.13. The first-order chi connectivity index (χ1) is 25.1. The SMILES string of the molecule is CCCCCC/C=C\C/C=C\CCCCCCCC(=O)OC(COCCC(C(=O)[O-])[N+](C)(C)C)COC(=O)CCCCCCCCCCCCCC. The van der Waals surface area contributed by atoms with Crippen molar-refractivity contribution in [2.24, 2.45) is 0 Å². The Morgan fingerprint density at radius 3 is 1.50 bits per heavy atom. The van der Waals surface area contributed by atoms with E-state index < -0.39 is 18.1 Å². The Labute approximate surface area is 320 Å². The Balaban J connectivity index is 4.38. The third-order valence-corrected chi connectivity index (χ3v) is 9.59. The van der Waals surface area contributed by atoms with Gasteiger partial charge in [-0.1, -0.05) is 147 Å². The zero-order valence-electron chi connectivity index (χ0n) is 34.5. The number of rotatable bonds is 38. The van der Waals surface area contributed by atoms with Crippen molar-refractivity contribution < 1.29 is 38.2 Å². The van der Waals surface area contributed by atoms with Gasteiger partial charge in [-0.2, -0.15) is 0 Å². The van der Waals surface area contributed by atoms with Crippen LogP contribution in [0.5, 0.6) is 0 Å². The molecule has 0 aliphatic rings. The number of allylic oxidation sites excluding steroid dienone is 4. The molecule has 0 aromatic rings. The number of likely N-dealkylation sites (N-methyl/N-ethyl adjacent to an activating group) is 1. The number of carboxylic acid groups (broad SMARTS) is 1. The largest absolute Gasteiger partial charge is 0.544 e. The number of esters is 2. The molecule has 8 heteroatoms. The maximum absolute atomic E-state index is 12.7.